The molecule has 0 amide bonds. The molecule has 1 saturated carbocycles. The summed E-state index contributed by atoms with van der Waals surface area (Å²) in [6.07, 6.45) is 11.8. The topological polar surface area (TPSA) is 52.7 Å². The summed E-state index contributed by atoms with van der Waals surface area (Å²) < 4.78 is 0. The van der Waals surface area contributed by atoms with E-state index in [2.05, 4.69) is 20.6 Å². The molecule has 3 atom stereocenters. The van der Waals surface area contributed by atoms with Crippen LogP contribution in [0.1, 0.15) is 37.8 Å². The molecule has 18 heavy (non-hydrogen) atoms. The van der Waals surface area contributed by atoms with Crippen molar-refractivity contribution in [3.05, 3.63) is 18.2 Å². The number of nitrogens with one attached hydrogen (secondary N) is 3. The lowest BCUT2D eigenvalue weighted by molar-refractivity contribution is 0.325. The normalized spacial score (nSPS) is 31.4. The van der Waals surface area contributed by atoms with Gasteiger partial charge in [0.05, 0.1) is 6.33 Å². The number of imidazole rings is 1. The monoisotopic (exact) mass is 248 g/mol. The number of rotatable bonds is 5. The molecular weight excluding hydrogens is 224 g/mol. The van der Waals surface area contributed by atoms with Crippen LogP contribution < -0.4 is 10.6 Å². The average molecular weight is 248 g/mol. The lowest BCUT2D eigenvalue weighted by atomic mass is 9.85. The van der Waals surface area contributed by atoms with Crippen molar-refractivity contribution in [3.8, 4) is 0 Å². The van der Waals surface area contributed by atoms with Crippen LogP contribution in [-0.2, 0) is 6.42 Å². The highest BCUT2D eigenvalue weighted by Crippen LogP contribution is 2.32. The Balaban J connectivity index is 1.34. The predicted molar refractivity (Wildman–Crippen MR) is 72.4 cm³/mol. The second-order valence-electron chi connectivity index (χ2n) is 5.78. The first kappa shape index (κ1) is 12.2. The van der Waals surface area contributed by atoms with Crippen LogP contribution in [0.2, 0.25) is 0 Å². The SMILES string of the molecule is c1ncc(CCNCC2CC3CCCC[C@@H]3N2)[nH]1. The van der Waals surface area contributed by atoms with Crippen molar-refractivity contribution in [2.75, 3.05) is 13.1 Å². The van der Waals surface area contributed by atoms with Crippen molar-refractivity contribution in [1.29, 1.82) is 0 Å². The molecule has 0 spiro atoms. The Labute approximate surface area is 109 Å². The maximum absolute atomic E-state index is 4.03. The molecule has 2 fully saturated rings. The van der Waals surface area contributed by atoms with Crippen LogP contribution in [0.25, 0.3) is 0 Å². The van der Waals surface area contributed by atoms with E-state index in [1.807, 2.05) is 6.20 Å². The van der Waals surface area contributed by atoms with Gasteiger partial charge in [0, 0.05) is 43.5 Å². The molecule has 4 nitrogen and oxygen atoms in total. The smallest absolute Gasteiger partial charge is 0.0921 e. The summed E-state index contributed by atoms with van der Waals surface area (Å²) in [6, 6.07) is 1.51. The van der Waals surface area contributed by atoms with Gasteiger partial charge in [0.25, 0.3) is 0 Å². The number of hydrogen-bond donors (Lipinski definition) is 3. The number of aromatic amines is 1. The van der Waals surface area contributed by atoms with Crippen LogP contribution >= 0.6 is 0 Å². The molecule has 0 radical (unpaired) electrons. The summed E-state index contributed by atoms with van der Waals surface area (Å²) in [4.78, 5) is 7.17. The lowest BCUT2D eigenvalue weighted by Crippen LogP contribution is -2.39. The zero-order valence-electron chi connectivity index (χ0n) is 11.0. The van der Waals surface area contributed by atoms with Crippen LogP contribution in [0.3, 0.4) is 0 Å². The van der Waals surface area contributed by atoms with Gasteiger partial charge in [-0.15, -0.1) is 0 Å². The third-order valence-corrected chi connectivity index (χ3v) is 4.46. The van der Waals surface area contributed by atoms with E-state index in [9.17, 15) is 0 Å². The minimum atomic E-state index is 0.694. The van der Waals surface area contributed by atoms with E-state index in [-0.39, 0.29) is 0 Å². The number of aromatic nitrogens is 2. The van der Waals surface area contributed by atoms with Crippen LogP contribution in [0.15, 0.2) is 12.5 Å². The minimum absolute atomic E-state index is 0.694. The van der Waals surface area contributed by atoms with Crippen LogP contribution in [0.5, 0.6) is 0 Å². The van der Waals surface area contributed by atoms with Gasteiger partial charge in [-0.1, -0.05) is 12.8 Å². The Morgan fingerprint density at radius 3 is 3.11 bits per heavy atom. The highest BCUT2D eigenvalue weighted by Gasteiger charge is 2.34. The number of H-pyrrole nitrogens is 1. The molecule has 1 saturated heterocycles. The Morgan fingerprint density at radius 1 is 1.33 bits per heavy atom. The fourth-order valence-electron chi connectivity index (χ4n) is 3.51. The molecule has 0 aromatic carbocycles. The Morgan fingerprint density at radius 2 is 2.28 bits per heavy atom. The van der Waals surface area contributed by atoms with E-state index >= 15 is 0 Å². The Hall–Kier alpha value is -0.870. The highest BCUT2D eigenvalue weighted by atomic mass is 15.0. The number of fused-ring (bicyclic) bond motifs is 1. The molecule has 0 bridgehead atoms. The van der Waals surface area contributed by atoms with Gasteiger partial charge in [-0.3, -0.25) is 0 Å². The van der Waals surface area contributed by atoms with Crippen LogP contribution in [0.4, 0.5) is 0 Å². The molecule has 2 unspecified atom stereocenters. The molecular formula is C14H24N4. The van der Waals surface area contributed by atoms with Crippen LogP contribution in [0, 0.1) is 5.92 Å². The van der Waals surface area contributed by atoms with Crippen molar-refractivity contribution in [1.82, 2.24) is 20.6 Å². The van der Waals surface area contributed by atoms with Crippen molar-refractivity contribution in [2.45, 2.75) is 50.6 Å². The fourth-order valence-corrected chi connectivity index (χ4v) is 3.51. The standard InChI is InChI=1S/C14H24N4/c1-2-4-14-11(3-1)7-13(18-14)9-15-6-5-12-8-16-10-17-12/h8,10-11,13-15,18H,1-7,9H2,(H,16,17)/t11?,13?,14-/m0/s1. The largest absolute Gasteiger partial charge is 0.348 e. The predicted octanol–water partition coefficient (Wildman–Crippen LogP) is 1.46. The Kier molecular flexibility index (Phi) is 3.96. The summed E-state index contributed by atoms with van der Waals surface area (Å²) in [5, 5.41) is 7.37. The molecule has 4 heteroatoms. The third kappa shape index (κ3) is 2.93. The second kappa shape index (κ2) is 5.85. The summed E-state index contributed by atoms with van der Waals surface area (Å²) in [5.74, 6) is 0.957. The van der Waals surface area contributed by atoms with E-state index in [0.717, 1.165) is 31.5 Å². The average Bonchev–Trinajstić information content (AvgIpc) is 3.03. The zero-order chi connectivity index (χ0) is 12.2. The first-order valence-corrected chi connectivity index (χ1v) is 7.36. The van der Waals surface area contributed by atoms with Gasteiger partial charge in [0.15, 0.2) is 0 Å². The molecule has 1 aromatic rings. The number of nitrogens with zero attached hydrogens (tertiary/aromatic N) is 1. The van der Waals surface area contributed by atoms with Crippen molar-refractivity contribution >= 4 is 0 Å². The van der Waals surface area contributed by atoms with Crippen molar-refractivity contribution < 1.29 is 0 Å². The van der Waals surface area contributed by atoms with Gasteiger partial charge in [0.2, 0.25) is 0 Å². The molecule has 2 heterocycles. The van der Waals surface area contributed by atoms with Crippen LogP contribution in [-0.4, -0.2) is 35.1 Å². The van der Waals surface area contributed by atoms with Gasteiger partial charge < -0.3 is 15.6 Å². The molecule has 1 aromatic heterocycles. The van der Waals surface area contributed by atoms with Crippen molar-refractivity contribution in [3.63, 3.8) is 0 Å². The summed E-state index contributed by atoms with van der Waals surface area (Å²) in [5.41, 5.74) is 1.22. The van der Waals surface area contributed by atoms with Gasteiger partial charge in [0.1, 0.15) is 0 Å². The molecule has 1 aliphatic carbocycles. The second-order valence-corrected chi connectivity index (χ2v) is 5.78. The van der Waals surface area contributed by atoms with Gasteiger partial charge in [-0.2, -0.15) is 0 Å². The number of hydrogen-bond acceptors (Lipinski definition) is 3. The molecule has 3 N–H and O–H groups in total. The van der Waals surface area contributed by atoms with Gasteiger partial charge in [-0.05, 0) is 25.2 Å². The first-order chi connectivity index (χ1) is 8.92. The van der Waals surface area contributed by atoms with E-state index in [0.29, 0.717) is 6.04 Å². The van der Waals surface area contributed by atoms with E-state index in [4.69, 9.17) is 0 Å². The molecule has 100 valence electrons. The van der Waals surface area contributed by atoms with Crippen molar-refractivity contribution in [2.24, 2.45) is 5.92 Å². The third-order valence-electron chi connectivity index (χ3n) is 4.46. The summed E-state index contributed by atoms with van der Waals surface area (Å²) in [7, 11) is 0. The zero-order valence-corrected chi connectivity index (χ0v) is 11.0. The quantitative estimate of drug-likeness (QED) is 0.692. The van der Waals surface area contributed by atoms with E-state index in [1.165, 1.54) is 37.8 Å². The summed E-state index contributed by atoms with van der Waals surface area (Å²) >= 11 is 0. The maximum atomic E-state index is 4.03. The lowest BCUT2D eigenvalue weighted by Gasteiger charge is -2.24. The molecule has 3 rings (SSSR count). The highest BCUT2D eigenvalue weighted by molar-refractivity contribution is 4.96. The molecule has 2 aliphatic rings. The summed E-state index contributed by atoms with van der Waals surface area (Å²) in [6.45, 7) is 2.15. The maximum Gasteiger partial charge on any atom is 0.0921 e. The van der Waals surface area contributed by atoms with Gasteiger partial charge in [-0.25, -0.2) is 4.98 Å². The van der Waals surface area contributed by atoms with E-state index in [1.54, 1.807) is 6.33 Å². The first-order valence-electron chi connectivity index (χ1n) is 7.36. The molecule has 1 aliphatic heterocycles. The fraction of sp³-hybridized carbons (Fsp3) is 0.786. The Bertz CT molecular complexity index is 335. The minimum Gasteiger partial charge on any atom is -0.348 e. The van der Waals surface area contributed by atoms with E-state index < -0.39 is 0 Å². The van der Waals surface area contributed by atoms with Gasteiger partial charge >= 0.3 is 0 Å².